The first-order valence-electron chi connectivity index (χ1n) is 10.9. The monoisotopic (exact) mass is 458 g/mol. The third kappa shape index (κ3) is 5.03. The number of aromatic nitrogens is 5. The molecule has 3 heterocycles. The molecule has 0 aliphatic carbocycles. The second-order valence-electron chi connectivity index (χ2n) is 7.89. The van der Waals surface area contributed by atoms with Crippen molar-refractivity contribution in [3.8, 4) is 5.82 Å². The molecular formula is C25H26N6O3. The maximum atomic E-state index is 12.5. The number of carbonyl (C=O) groups excluding carboxylic acids is 2. The molecule has 0 unspecified atom stereocenters. The molecule has 4 aromatic rings. The van der Waals surface area contributed by atoms with Crippen molar-refractivity contribution in [3.05, 3.63) is 94.7 Å². The summed E-state index contributed by atoms with van der Waals surface area (Å²) >= 11 is 0. The minimum Gasteiger partial charge on any atom is -0.452 e. The standard InChI is InChI=1S/C25H26N6O3/c1-17-21(18(2)30(29-17)15-20-9-5-4-6-10-20)13-27-24(32)16-34-25(33)22-14-28-31(19(22)3)23-11-7-8-12-26-23/h4-12,14H,13,15-16H2,1-3H3,(H,27,32). The van der Waals surface area contributed by atoms with Gasteiger partial charge < -0.3 is 10.1 Å². The molecule has 0 bridgehead atoms. The fourth-order valence-electron chi connectivity index (χ4n) is 3.67. The Morgan fingerprint density at radius 3 is 2.50 bits per heavy atom. The van der Waals surface area contributed by atoms with E-state index in [0.29, 0.717) is 24.6 Å². The van der Waals surface area contributed by atoms with Crippen LogP contribution in [-0.4, -0.2) is 43.0 Å². The summed E-state index contributed by atoms with van der Waals surface area (Å²) in [6.07, 6.45) is 3.06. The highest BCUT2D eigenvalue weighted by Gasteiger charge is 2.19. The minimum atomic E-state index is -0.613. The Balaban J connectivity index is 1.32. The van der Waals surface area contributed by atoms with E-state index in [9.17, 15) is 9.59 Å². The fraction of sp³-hybridized carbons (Fsp3) is 0.240. The van der Waals surface area contributed by atoms with E-state index in [4.69, 9.17) is 4.74 Å². The van der Waals surface area contributed by atoms with Crippen molar-refractivity contribution in [2.24, 2.45) is 0 Å². The van der Waals surface area contributed by atoms with E-state index in [-0.39, 0.29) is 12.2 Å². The summed E-state index contributed by atoms with van der Waals surface area (Å²) in [5.41, 5.74) is 4.80. The maximum Gasteiger partial charge on any atom is 0.342 e. The summed E-state index contributed by atoms with van der Waals surface area (Å²) in [5.74, 6) is -0.411. The second kappa shape index (κ2) is 10.1. The lowest BCUT2D eigenvalue weighted by atomic mass is 10.2. The van der Waals surface area contributed by atoms with Gasteiger partial charge in [-0.3, -0.25) is 9.48 Å². The first kappa shape index (κ1) is 22.9. The van der Waals surface area contributed by atoms with Gasteiger partial charge in [0.1, 0.15) is 5.56 Å². The number of esters is 1. The van der Waals surface area contributed by atoms with E-state index in [0.717, 1.165) is 22.5 Å². The minimum absolute atomic E-state index is 0.285. The van der Waals surface area contributed by atoms with Gasteiger partial charge in [0.2, 0.25) is 0 Å². The van der Waals surface area contributed by atoms with E-state index >= 15 is 0 Å². The molecule has 0 saturated carbocycles. The molecule has 3 aromatic heterocycles. The van der Waals surface area contributed by atoms with Gasteiger partial charge in [0, 0.05) is 24.0 Å². The molecule has 1 N–H and O–H groups in total. The molecule has 9 heteroatoms. The SMILES string of the molecule is Cc1nn(Cc2ccccc2)c(C)c1CNC(=O)COC(=O)c1cnn(-c2ccccn2)c1C. The Hall–Kier alpha value is -4.27. The van der Waals surface area contributed by atoms with Crippen LogP contribution in [-0.2, 0) is 22.6 Å². The van der Waals surface area contributed by atoms with Gasteiger partial charge in [-0.15, -0.1) is 0 Å². The Labute approximate surface area is 197 Å². The van der Waals surface area contributed by atoms with Crippen molar-refractivity contribution < 1.29 is 14.3 Å². The summed E-state index contributed by atoms with van der Waals surface area (Å²) in [6.45, 7) is 6.22. The van der Waals surface area contributed by atoms with Gasteiger partial charge >= 0.3 is 5.97 Å². The Morgan fingerprint density at radius 1 is 1.00 bits per heavy atom. The Bertz CT molecular complexity index is 1300. The molecule has 0 aliphatic rings. The molecule has 0 aliphatic heterocycles. The predicted octanol–water partition coefficient (Wildman–Crippen LogP) is 2.91. The zero-order valence-electron chi connectivity index (χ0n) is 19.4. The lowest BCUT2D eigenvalue weighted by molar-refractivity contribution is -0.124. The number of hydrogen-bond acceptors (Lipinski definition) is 6. The highest BCUT2D eigenvalue weighted by atomic mass is 16.5. The fourth-order valence-corrected chi connectivity index (χ4v) is 3.67. The number of nitrogens with zero attached hydrogens (tertiary/aromatic N) is 5. The highest BCUT2D eigenvalue weighted by Crippen LogP contribution is 2.15. The number of aryl methyl sites for hydroxylation is 1. The number of amides is 1. The third-order valence-electron chi connectivity index (χ3n) is 5.60. The van der Waals surface area contributed by atoms with Crippen LogP contribution in [0, 0.1) is 20.8 Å². The van der Waals surface area contributed by atoms with Crippen LogP contribution in [0.15, 0.2) is 60.9 Å². The summed E-state index contributed by atoms with van der Waals surface area (Å²) in [7, 11) is 0. The van der Waals surface area contributed by atoms with Gasteiger partial charge in [0.25, 0.3) is 5.91 Å². The molecule has 0 fully saturated rings. The zero-order chi connectivity index (χ0) is 24.1. The number of nitrogens with one attached hydrogen (secondary N) is 1. The maximum absolute atomic E-state index is 12.5. The van der Waals surface area contributed by atoms with Gasteiger partial charge in [0.05, 0.1) is 24.1 Å². The van der Waals surface area contributed by atoms with Crippen LogP contribution >= 0.6 is 0 Å². The summed E-state index contributed by atoms with van der Waals surface area (Å²) in [5, 5.41) is 11.6. The molecule has 174 valence electrons. The number of carbonyl (C=O) groups is 2. The molecule has 0 radical (unpaired) electrons. The lowest BCUT2D eigenvalue weighted by Gasteiger charge is -2.08. The smallest absolute Gasteiger partial charge is 0.342 e. The summed E-state index contributed by atoms with van der Waals surface area (Å²) < 4.78 is 8.68. The van der Waals surface area contributed by atoms with Crippen LogP contribution < -0.4 is 5.32 Å². The van der Waals surface area contributed by atoms with E-state index in [2.05, 4.69) is 20.5 Å². The van der Waals surface area contributed by atoms with Crippen molar-refractivity contribution in [1.82, 2.24) is 29.9 Å². The molecule has 9 nitrogen and oxygen atoms in total. The lowest BCUT2D eigenvalue weighted by Crippen LogP contribution is -2.28. The van der Waals surface area contributed by atoms with Crippen molar-refractivity contribution in [1.29, 1.82) is 0 Å². The largest absolute Gasteiger partial charge is 0.452 e. The van der Waals surface area contributed by atoms with Crippen LogP contribution in [0.5, 0.6) is 0 Å². The molecule has 1 amide bonds. The topological polar surface area (TPSA) is 104 Å². The van der Waals surface area contributed by atoms with Gasteiger partial charge in [-0.05, 0) is 38.5 Å². The molecular weight excluding hydrogens is 432 g/mol. The van der Waals surface area contributed by atoms with Crippen molar-refractivity contribution in [2.75, 3.05) is 6.61 Å². The first-order valence-corrected chi connectivity index (χ1v) is 10.9. The van der Waals surface area contributed by atoms with Crippen molar-refractivity contribution in [3.63, 3.8) is 0 Å². The van der Waals surface area contributed by atoms with E-state index in [1.54, 1.807) is 29.9 Å². The third-order valence-corrected chi connectivity index (χ3v) is 5.60. The van der Waals surface area contributed by atoms with Crippen LogP contribution in [0.4, 0.5) is 0 Å². The van der Waals surface area contributed by atoms with Gasteiger partial charge in [-0.1, -0.05) is 36.4 Å². The molecule has 4 rings (SSSR count). The van der Waals surface area contributed by atoms with E-state index < -0.39 is 11.9 Å². The molecule has 0 spiro atoms. The molecule has 0 atom stereocenters. The molecule has 0 saturated heterocycles. The number of ether oxygens (including phenoxy) is 1. The first-order chi connectivity index (χ1) is 16.4. The number of benzene rings is 1. The second-order valence-corrected chi connectivity index (χ2v) is 7.89. The zero-order valence-corrected chi connectivity index (χ0v) is 19.4. The summed E-state index contributed by atoms with van der Waals surface area (Å²) in [6, 6.07) is 15.5. The van der Waals surface area contributed by atoms with Crippen molar-refractivity contribution >= 4 is 11.9 Å². The number of pyridine rings is 1. The van der Waals surface area contributed by atoms with E-state index in [1.165, 1.54) is 6.20 Å². The van der Waals surface area contributed by atoms with Crippen LogP contribution in [0.25, 0.3) is 5.82 Å². The highest BCUT2D eigenvalue weighted by molar-refractivity contribution is 5.92. The average Bonchev–Trinajstić information content (AvgIpc) is 3.36. The normalized spacial score (nSPS) is 10.8. The Kier molecular flexibility index (Phi) is 6.82. The van der Waals surface area contributed by atoms with Gasteiger partial charge in [0.15, 0.2) is 12.4 Å². The van der Waals surface area contributed by atoms with Crippen LogP contribution in [0.2, 0.25) is 0 Å². The van der Waals surface area contributed by atoms with Gasteiger partial charge in [-0.25, -0.2) is 14.5 Å². The van der Waals surface area contributed by atoms with Crippen LogP contribution in [0.3, 0.4) is 0 Å². The number of rotatable bonds is 8. The molecule has 34 heavy (non-hydrogen) atoms. The average molecular weight is 459 g/mol. The quantitative estimate of drug-likeness (QED) is 0.407. The Morgan fingerprint density at radius 2 is 1.76 bits per heavy atom. The predicted molar refractivity (Wildman–Crippen MR) is 125 cm³/mol. The van der Waals surface area contributed by atoms with Gasteiger partial charge in [-0.2, -0.15) is 10.2 Å². The van der Waals surface area contributed by atoms with Crippen molar-refractivity contribution in [2.45, 2.75) is 33.9 Å². The molecule has 1 aromatic carbocycles. The number of hydrogen-bond donors (Lipinski definition) is 1. The summed E-state index contributed by atoms with van der Waals surface area (Å²) in [4.78, 5) is 29.0. The van der Waals surface area contributed by atoms with E-state index in [1.807, 2.05) is 54.9 Å². The van der Waals surface area contributed by atoms with Crippen LogP contribution in [0.1, 0.15) is 38.6 Å².